The van der Waals surface area contributed by atoms with Crippen LogP contribution in [0, 0.1) is 20.8 Å². The van der Waals surface area contributed by atoms with Gasteiger partial charge >= 0.3 is 6.61 Å². The average Bonchev–Trinajstić information content (AvgIpc) is 2.96. The summed E-state index contributed by atoms with van der Waals surface area (Å²) in [5.41, 5.74) is 4.64. The van der Waals surface area contributed by atoms with Crippen LogP contribution in [0.2, 0.25) is 0 Å². The first kappa shape index (κ1) is 22.3. The standard InChI is InChI=1S/C23H25F2N3O3/c1-5-30-20-12-18(9-10-19(20)31-23(24)25)22(29)26-21-15(3)27-28(16(21)4)13-17-8-6-7-14(2)11-17/h6-12,23H,5,13H2,1-4H3,(H,26,29). The molecule has 0 aliphatic heterocycles. The third-order valence-electron chi connectivity index (χ3n) is 4.76. The largest absolute Gasteiger partial charge is 0.490 e. The maximum Gasteiger partial charge on any atom is 0.387 e. The van der Waals surface area contributed by atoms with Gasteiger partial charge in [0.05, 0.1) is 30.2 Å². The van der Waals surface area contributed by atoms with Gasteiger partial charge in [0.2, 0.25) is 0 Å². The highest BCUT2D eigenvalue weighted by Gasteiger charge is 2.18. The number of carbonyl (C=O) groups excluding carboxylic acids is 1. The molecule has 0 spiro atoms. The lowest BCUT2D eigenvalue weighted by Gasteiger charge is -2.13. The minimum absolute atomic E-state index is 0.0824. The topological polar surface area (TPSA) is 65.4 Å². The number of benzene rings is 2. The van der Waals surface area contributed by atoms with Gasteiger partial charge in [0.15, 0.2) is 11.5 Å². The van der Waals surface area contributed by atoms with Gasteiger partial charge in [-0.2, -0.15) is 13.9 Å². The Morgan fingerprint density at radius 3 is 2.58 bits per heavy atom. The van der Waals surface area contributed by atoms with E-state index in [4.69, 9.17) is 4.74 Å². The van der Waals surface area contributed by atoms with Gasteiger partial charge in [-0.05, 0) is 51.5 Å². The number of carbonyl (C=O) groups is 1. The van der Waals surface area contributed by atoms with Crippen molar-refractivity contribution < 1.29 is 23.0 Å². The zero-order valence-corrected chi connectivity index (χ0v) is 17.9. The van der Waals surface area contributed by atoms with Gasteiger partial charge in [0.1, 0.15) is 0 Å². The van der Waals surface area contributed by atoms with Gasteiger partial charge in [0.25, 0.3) is 5.91 Å². The van der Waals surface area contributed by atoms with Crippen LogP contribution in [0.4, 0.5) is 14.5 Å². The van der Waals surface area contributed by atoms with Crippen LogP contribution in [-0.2, 0) is 6.54 Å². The summed E-state index contributed by atoms with van der Waals surface area (Å²) in [5.74, 6) is -0.434. The molecule has 6 nitrogen and oxygen atoms in total. The maximum atomic E-state index is 12.8. The lowest BCUT2D eigenvalue weighted by atomic mass is 10.1. The fourth-order valence-electron chi connectivity index (χ4n) is 3.31. The van der Waals surface area contributed by atoms with E-state index in [1.165, 1.54) is 18.2 Å². The summed E-state index contributed by atoms with van der Waals surface area (Å²) in [6, 6.07) is 12.2. The fraction of sp³-hybridized carbons (Fsp3) is 0.304. The first-order valence-electron chi connectivity index (χ1n) is 9.91. The van der Waals surface area contributed by atoms with E-state index in [9.17, 15) is 13.6 Å². The Hall–Kier alpha value is -3.42. The lowest BCUT2D eigenvalue weighted by molar-refractivity contribution is -0.0514. The van der Waals surface area contributed by atoms with Crippen molar-refractivity contribution >= 4 is 11.6 Å². The molecule has 0 saturated heterocycles. The van der Waals surface area contributed by atoms with E-state index in [2.05, 4.69) is 21.2 Å². The number of nitrogens with one attached hydrogen (secondary N) is 1. The molecule has 164 valence electrons. The number of aryl methyl sites for hydroxylation is 2. The number of nitrogens with zero attached hydrogens (tertiary/aromatic N) is 2. The monoisotopic (exact) mass is 429 g/mol. The first-order chi connectivity index (χ1) is 14.8. The molecule has 1 amide bonds. The van der Waals surface area contributed by atoms with E-state index in [-0.39, 0.29) is 23.7 Å². The van der Waals surface area contributed by atoms with Crippen LogP contribution in [-0.4, -0.2) is 28.9 Å². The number of anilines is 1. The molecule has 0 saturated carbocycles. The van der Waals surface area contributed by atoms with Gasteiger partial charge < -0.3 is 14.8 Å². The molecule has 31 heavy (non-hydrogen) atoms. The van der Waals surface area contributed by atoms with E-state index in [1.807, 2.05) is 43.7 Å². The van der Waals surface area contributed by atoms with E-state index in [1.54, 1.807) is 6.92 Å². The van der Waals surface area contributed by atoms with Crippen LogP contribution in [0.3, 0.4) is 0 Å². The highest BCUT2D eigenvalue weighted by atomic mass is 19.3. The molecule has 0 unspecified atom stereocenters. The SMILES string of the molecule is CCOc1cc(C(=O)Nc2c(C)nn(Cc3cccc(C)c3)c2C)ccc1OC(F)F. The predicted octanol–water partition coefficient (Wildman–Crippen LogP) is 5.11. The maximum absolute atomic E-state index is 12.8. The molecular weight excluding hydrogens is 404 g/mol. The van der Waals surface area contributed by atoms with Gasteiger partial charge in [-0.1, -0.05) is 29.8 Å². The number of amides is 1. The fourth-order valence-corrected chi connectivity index (χ4v) is 3.31. The zero-order valence-electron chi connectivity index (χ0n) is 17.9. The minimum atomic E-state index is -2.98. The molecule has 0 radical (unpaired) electrons. The molecule has 1 N–H and O–H groups in total. The van der Waals surface area contributed by atoms with Crippen molar-refractivity contribution in [1.29, 1.82) is 0 Å². The number of halogens is 2. The summed E-state index contributed by atoms with van der Waals surface area (Å²) >= 11 is 0. The van der Waals surface area contributed by atoms with Crippen molar-refractivity contribution in [1.82, 2.24) is 9.78 Å². The molecule has 0 atom stereocenters. The second kappa shape index (κ2) is 9.59. The summed E-state index contributed by atoms with van der Waals surface area (Å²) in [6.45, 7) is 5.30. The lowest BCUT2D eigenvalue weighted by Crippen LogP contribution is -2.14. The van der Waals surface area contributed by atoms with Crippen molar-refractivity contribution in [3.63, 3.8) is 0 Å². The Morgan fingerprint density at radius 1 is 1.13 bits per heavy atom. The molecule has 0 aliphatic carbocycles. The predicted molar refractivity (Wildman–Crippen MR) is 114 cm³/mol. The third-order valence-corrected chi connectivity index (χ3v) is 4.76. The van der Waals surface area contributed by atoms with Crippen LogP contribution in [0.15, 0.2) is 42.5 Å². The summed E-state index contributed by atoms with van der Waals surface area (Å²) in [7, 11) is 0. The molecule has 3 rings (SSSR count). The zero-order chi connectivity index (χ0) is 22.5. The number of aromatic nitrogens is 2. The average molecular weight is 429 g/mol. The quantitative estimate of drug-likeness (QED) is 0.541. The van der Waals surface area contributed by atoms with Crippen molar-refractivity contribution in [2.45, 2.75) is 40.9 Å². The van der Waals surface area contributed by atoms with Crippen LogP contribution in [0.1, 0.15) is 39.8 Å². The Kier molecular flexibility index (Phi) is 6.89. The van der Waals surface area contributed by atoms with Gasteiger partial charge in [0, 0.05) is 5.56 Å². The molecule has 1 heterocycles. The highest BCUT2D eigenvalue weighted by molar-refractivity contribution is 6.05. The van der Waals surface area contributed by atoms with Gasteiger partial charge in [-0.3, -0.25) is 9.48 Å². The summed E-state index contributed by atoms with van der Waals surface area (Å²) in [5, 5.41) is 7.42. The Bertz CT molecular complexity index is 1080. The van der Waals surface area contributed by atoms with Crippen molar-refractivity contribution in [3.8, 4) is 11.5 Å². The van der Waals surface area contributed by atoms with Crippen LogP contribution in [0.25, 0.3) is 0 Å². The summed E-state index contributed by atoms with van der Waals surface area (Å²) in [4.78, 5) is 12.8. The number of ether oxygens (including phenoxy) is 2. The summed E-state index contributed by atoms with van der Waals surface area (Å²) in [6.07, 6.45) is 0. The number of hydrogen-bond donors (Lipinski definition) is 1. The highest BCUT2D eigenvalue weighted by Crippen LogP contribution is 2.30. The Morgan fingerprint density at radius 2 is 1.90 bits per heavy atom. The van der Waals surface area contributed by atoms with Gasteiger partial charge in [-0.25, -0.2) is 0 Å². The molecule has 1 aromatic heterocycles. The van der Waals surface area contributed by atoms with Crippen molar-refractivity contribution in [2.75, 3.05) is 11.9 Å². The molecule has 2 aromatic carbocycles. The molecule has 0 aliphatic rings. The molecule has 0 fully saturated rings. The number of rotatable bonds is 8. The van der Waals surface area contributed by atoms with E-state index in [0.29, 0.717) is 17.9 Å². The van der Waals surface area contributed by atoms with Crippen molar-refractivity contribution in [3.05, 3.63) is 70.5 Å². The van der Waals surface area contributed by atoms with Crippen molar-refractivity contribution in [2.24, 2.45) is 0 Å². The van der Waals surface area contributed by atoms with E-state index < -0.39 is 12.5 Å². The number of hydrogen-bond acceptors (Lipinski definition) is 4. The molecule has 0 bridgehead atoms. The second-order valence-corrected chi connectivity index (χ2v) is 7.12. The molecular formula is C23H25F2N3O3. The Balaban J connectivity index is 1.81. The smallest absolute Gasteiger partial charge is 0.387 e. The van der Waals surface area contributed by atoms with E-state index >= 15 is 0 Å². The van der Waals surface area contributed by atoms with Crippen LogP contribution in [0.5, 0.6) is 11.5 Å². The molecule has 8 heteroatoms. The Labute approximate surface area is 179 Å². The second-order valence-electron chi connectivity index (χ2n) is 7.12. The van der Waals surface area contributed by atoms with E-state index in [0.717, 1.165) is 16.8 Å². The first-order valence-corrected chi connectivity index (χ1v) is 9.91. The molecule has 3 aromatic rings. The van der Waals surface area contributed by atoms with Gasteiger partial charge in [-0.15, -0.1) is 0 Å². The normalized spacial score (nSPS) is 10.9. The summed E-state index contributed by atoms with van der Waals surface area (Å²) < 4.78 is 36.8. The van der Waals surface area contributed by atoms with Crippen LogP contribution >= 0.6 is 0 Å². The number of alkyl halides is 2. The third kappa shape index (κ3) is 5.39. The van der Waals surface area contributed by atoms with Crippen LogP contribution < -0.4 is 14.8 Å². The minimum Gasteiger partial charge on any atom is -0.490 e.